The van der Waals surface area contributed by atoms with Gasteiger partial charge in [0.25, 0.3) is 10.2 Å². The normalized spacial score (nSPS) is 16.7. The highest BCUT2D eigenvalue weighted by molar-refractivity contribution is 7.87. The van der Waals surface area contributed by atoms with E-state index in [1.807, 2.05) is 4.90 Å². The summed E-state index contributed by atoms with van der Waals surface area (Å²) in [6, 6.07) is 2.87. The van der Waals surface area contributed by atoms with Crippen molar-refractivity contribution in [2.75, 3.05) is 31.6 Å². The summed E-state index contributed by atoms with van der Waals surface area (Å²) in [5.41, 5.74) is 0.197. The second-order valence-electron chi connectivity index (χ2n) is 5.51. The standard InChI is InChI=1S/C14H22N4O4S/c1-3-17(2)23(21,22)16-12-5-8-18(9-6-12)13-10-11(14(19)20)4-7-15-13/h4,7,10,12,16H,3,5-6,8-9H2,1-2H3,(H,19,20). The molecule has 0 amide bonds. The molecule has 1 aliphatic rings. The van der Waals surface area contributed by atoms with Crippen LogP contribution in [0.25, 0.3) is 0 Å². The number of hydrogen-bond donors (Lipinski definition) is 2. The summed E-state index contributed by atoms with van der Waals surface area (Å²) >= 11 is 0. The Labute approximate surface area is 136 Å². The summed E-state index contributed by atoms with van der Waals surface area (Å²) in [5, 5.41) is 9.02. The van der Waals surface area contributed by atoms with Crippen LogP contribution in [0, 0.1) is 0 Å². The number of pyridine rings is 1. The molecule has 0 unspecified atom stereocenters. The molecule has 1 aromatic rings. The van der Waals surface area contributed by atoms with Crippen molar-refractivity contribution in [1.29, 1.82) is 0 Å². The lowest BCUT2D eigenvalue weighted by atomic mass is 10.1. The highest BCUT2D eigenvalue weighted by Crippen LogP contribution is 2.19. The average Bonchev–Trinajstić information content (AvgIpc) is 2.54. The first-order valence-electron chi connectivity index (χ1n) is 7.51. The summed E-state index contributed by atoms with van der Waals surface area (Å²) in [6.45, 7) is 3.45. The number of nitrogens with one attached hydrogen (secondary N) is 1. The molecular formula is C14H22N4O4S. The first-order chi connectivity index (χ1) is 10.8. The van der Waals surface area contributed by atoms with Gasteiger partial charge in [0.15, 0.2) is 0 Å². The van der Waals surface area contributed by atoms with E-state index in [0.717, 1.165) is 0 Å². The Kier molecular flexibility index (Phi) is 5.55. The maximum absolute atomic E-state index is 12.0. The van der Waals surface area contributed by atoms with Gasteiger partial charge in [-0.1, -0.05) is 6.92 Å². The monoisotopic (exact) mass is 342 g/mol. The zero-order chi connectivity index (χ0) is 17.0. The van der Waals surface area contributed by atoms with Crippen molar-refractivity contribution < 1.29 is 18.3 Å². The number of hydrogen-bond acceptors (Lipinski definition) is 5. The number of piperidine rings is 1. The molecule has 2 heterocycles. The Hall–Kier alpha value is -1.71. The lowest BCUT2D eigenvalue weighted by Crippen LogP contribution is -2.48. The van der Waals surface area contributed by atoms with Crippen LogP contribution < -0.4 is 9.62 Å². The largest absolute Gasteiger partial charge is 0.478 e. The zero-order valence-corrected chi connectivity index (χ0v) is 14.1. The van der Waals surface area contributed by atoms with Crippen LogP contribution in [0.5, 0.6) is 0 Å². The van der Waals surface area contributed by atoms with Gasteiger partial charge in [0.05, 0.1) is 5.56 Å². The van der Waals surface area contributed by atoms with Gasteiger partial charge in [0.2, 0.25) is 0 Å². The second-order valence-corrected chi connectivity index (χ2v) is 7.32. The number of carbonyl (C=O) groups is 1. The third-order valence-electron chi connectivity index (χ3n) is 3.98. The van der Waals surface area contributed by atoms with Gasteiger partial charge in [0, 0.05) is 38.9 Å². The van der Waals surface area contributed by atoms with E-state index in [4.69, 9.17) is 5.11 Å². The van der Waals surface area contributed by atoms with E-state index in [1.54, 1.807) is 14.0 Å². The molecule has 23 heavy (non-hydrogen) atoms. The lowest BCUT2D eigenvalue weighted by molar-refractivity contribution is 0.0696. The van der Waals surface area contributed by atoms with E-state index in [2.05, 4.69) is 9.71 Å². The van der Waals surface area contributed by atoms with Gasteiger partial charge in [0.1, 0.15) is 5.82 Å². The summed E-state index contributed by atoms with van der Waals surface area (Å²) in [7, 11) is -1.90. The van der Waals surface area contributed by atoms with E-state index in [9.17, 15) is 13.2 Å². The van der Waals surface area contributed by atoms with Gasteiger partial charge in [-0.15, -0.1) is 0 Å². The molecule has 0 radical (unpaired) electrons. The predicted octanol–water partition coefficient (Wildman–Crippen LogP) is 0.535. The fourth-order valence-corrected chi connectivity index (χ4v) is 3.60. The molecule has 0 atom stereocenters. The van der Waals surface area contributed by atoms with Gasteiger partial charge in [-0.05, 0) is 25.0 Å². The fraction of sp³-hybridized carbons (Fsp3) is 0.571. The van der Waals surface area contributed by atoms with Crippen molar-refractivity contribution in [3.8, 4) is 0 Å². The van der Waals surface area contributed by atoms with Crippen LogP contribution in [0.2, 0.25) is 0 Å². The van der Waals surface area contributed by atoms with Crippen LogP contribution in [0.4, 0.5) is 5.82 Å². The van der Waals surface area contributed by atoms with Crippen LogP contribution in [-0.2, 0) is 10.2 Å². The smallest absolute Gasteiger partial charge is 0.335 e. The number of carboxylic acid groups (broad SMARTS) is 1. The number of anilines is 1. The molecule has 128 valence electrons. The van der Waals surface area contributed by atoms with E-state index < -0.39 is 16.2 Å². The molecular weight excluding hydrogens is 320 g/mol. The molecule has 1 aliphatic heterocycles. The second kappa shape index (κ2) is 7.24. The average molecular weight is 342 g/mol. The SMILES string of the molecule is CCN(C)S(=O)(=O)NC1CCN(c2cc(C(=O)O)ccn2)CC1. The minimum absolute atomic E-state index is 0.118. The summed E-state index contributed by atoms with van der Waals surface area (Å²) in [6.07, 6.45) is 2.77. The first kappa shape index (κ1) is 17.6. The molecule has 0 aliphatic carbocycles. The van der Waals surface area contributed by atoms with Crippen LogP contribution >= 0.6 is 0 Å². The topological polar surface area (TPSA) is 103 Å². The predicted molar refractivity (Wildman–Crippen MR) is 86.8 cm³/mol. The van der Waals surface area contributed by atoms with Gasteiger partial charge >= 0.3 is 5.97 Å². The maximum Gasteiger partial charge on any atom is 0.335 e. The summed E-state index contributed by atoms with van der Waals surface area (Å²) in [5.74, 6) is -0.379. The van der Waals surface area contributed by atoms with Crippen LogP contribution in [0.15, 0.2) is 18.3 Å². The highest BCUT2D eigenvalue weighted by atomic mass is 32.2. The van der Waals surface area contributed by atoms with Gasteiger partial charge < -0.3 is 10.0 Å². The van der Waals surface area contributed by atoms with Crippen LogP contribution in [0.1, 0.15) is 30.1 Å². The van der Waals surface area contributed by atoms with Gasteiger partial charge in [-0.3, -0.25) is 0 Å². The highest BCUT2D eigenvalue weighted by Gasteiger charge is 2.26. The molecule has 1 aromatic heterocycles. The Bertz CT molecular complexity index is 656. The third-order valence-corrected chi connectivity index (χ3v) is 5.69. The number of rotatable bonds is 6. The van der Waals surface area contributed by atoms with Crippen molar-refractivity contribution in [2.45, 2.75) is 25.8 Å². The number of aromatic nitrogens is 1. The van der Waals surface area contributed by atoms with Crippen LogP contribution in [-0.4, -0.2) is 61.5 Å². The van der Waals surface area contributed by atoms with E-state index in [0.29, 0.717) is 38.3 Å². The molecule has 1 fully saturated rings. The lowest BCUT2D eigenvalue weighted by Gasteiger charge is -2.33. The molecule has 9 heteroatoms. The molecule has 2 rings (SSSR count). The molecule has 0 saturated carbocycles. The Morgan fingerprint density at radius 2 is 2.13 bits per heavy atom. The van der Waals surface area contributed by atoms with Crippen molar-refractivity contribution in [1.82, 2.24) is 14.0 Å². The van der Waals surface area contributed by atoms with Crippen molar-refractivity contribution in [3.05, 3.63) is 23.9 Å². The molecule has 0 spiro atoms. The van der Waals surface area contributed by atoms with Crippen molar-refractivity contribution >= 4 is 22.0 Å². The van der Waals surface area contributed by atoms with Crippen LogP contribution in [0.3, 0.4) is 0 Å². The number of nitrogens with zero attached hydrogens (tertiary/aromatic N) is 3. The van der Waals surface area contributed by atoms with Gasteiger partial charge in [-0.25, -0.2) is 9.78 Å². The maximum atomic E-state index is 12.0. The number of carboxylic acids is 1. The third kappa shape index (κ3) is 4.40. The first-order valence-corrected chi connectivity index (χ1v) is 8.95. The zero-order valence-electron chi connectivity index (χ0n) is 13.3. The quantitative estimate of drug-likeness (QED) is 0.782. The molecule has 8 nitrogen and oxygen atoms in total. The summed E-state index contributed by atoms with van der Waals surface area (Å²) in [4.78, 5) is 17.2. The van der Waals surface area contributed by atoms with Gasteiger partial charge in [-0.2, -0.15) is 17.4 Å². The van der Waals surface area contributed by atoms with E-state index >= 15 is 0 Å². The van der Waals surface area contributed by atoms with E-state index in [1.165, 1.54) is 22.6 Å². The summed E-state index contributed by atoms with van der Waals surface area (Å²) < 4.78 is 28.0. The molecule has 0 aromatic carbocycles. The molecule has 0 bridgehead atoms. The van der Waals surface area contributed by atoms with Crippen molar-refractivity contribution in [2.24, 2.45) is 0 Å². The fourth-order valence-electron chi connectivity index (χ4n) is 2.42. The Morgan fingerprint density at radius 1 is 1.48 bits per heavy atom. The van der Waals surface area contributed by atoms with Crippen molar-refractivity contribution in [3.63, 3.8) is 0 Å². The molecule has 1 saturated heterocycles. The minimum Gasteiger partial charge on any atom is -0.478 e. The van der Waals surface area contributed by atoms with E-state index in [-0.39, 0.29) is 11.6 Å². The Balaban J connectivity index is 1.96. The Morgan fingerprint density at radius 3 is 2.70 bits per heavy atom. The minimum atomic E-state index is -3.44. The number of aromatic carboxylic acids is 1. The molecule has 2 N–H and O–H groups in total.